The molecule has 5 aromatic rings. The maximum Gasteiger partial charge on any atom is 0.265 e. The molecule has 0 amide bonds. The fourth-order valence-electron chi connectivity index (χ4n) is 9.38. The van der Waals surface area contributed by atoms with E-state index in [1.165, 1.54) is 0 Å². The molecule has 18 heteroatoms. The van der Waals surface area contributed by atoms with Gasteiger partial charge >= 0.3 is 0 Å². The van der Waals surface area contributed by atoms with Gasteiger partial charge in [-0.1, -0.05) is 0 Å². The fourth-order valence-corrected chi connectivity index (χ4v) is 9.38. The first-order chi connectivity index (χ1) is 29.3. The molecule has 0 saturated heterocycles. The van der Waals surface area contributed by atoms with E-state index in [4.69, 9.17) is 38.9 Å². The van der Waals surface area contributed by atoms with Crippen LogP contribution in [0.3, 0.4) is 0 Å². The van der Waals surface area contributed by atoms with Crippen LogP contribution >= 0.6 is 0 Å². The van der Waals surface area contributed by atoms with Crippen LogP contribution in [0.25, 0.3) is 0 Å². The van der Waals surface area contributed by atoms with Gasteiger partial charge in [-0.3, -0.25) is 0 Å². The quantitative estimate of drug-likeness (QED) is 0.240. The third-order valence-corrected chi connectivity index (χ3v) is 12.3. The Bertz CT molecular complexity index is 2480. The molecular formula is C42H36B2N12O4. The van der Waals surface area contributed by atoms with Crippen LogP contribution in [0.5, 0.6) is 46.5 Å². The SMILES string of the molecule is CN1C=CN(c2cnc3c(c2)B2c4cc(N5C=CN(C)C5)cnc4Oc4c5c6c(c(c42)O3)Oc2ncc(N3C=CN(C)C3)cc2B6c2cc(N3C=CN(C)C3)cnc2O5)C1. The number of ether oxygens (including phenoxy) is 4. The van der Waals surface area contributed by atoms with Gasteiger partial charge in [0.2, 0.25) is 23.5 Å². The van der Waals surface area contributed by atoms with Crippen molar-refractivity contribution in [1.29, 1.82) is 0 Å². The third-order valence-electron chi connectivity index (χ3n) is 12.3. The molecule has 0 fully saturated rings. The van der Waals surface area contributed by atoms with Crippen molar-refractivity contribution in [2.24, 2.45) is 0 Å². The van der Waals surface area contributed by atoms with Gasteiger partial charge in [-0.05, 0) is 46.1 Å². The van der Waals surface area contributed by atoms with Gasteiger partial charge < -0.3 is 58.1 Å². The van der Waals surface area contributed by atoms with E-state index in [1.807, 2.05) is 53.0 Å². The molecule has 1 aromatic carbocycles. The van der Waals surface area contributed by atoms with Crippen LogP contribution in [-0.4, -0.2) is 108 Å². The number of benzene rings is 1. The largest absolute Gasteiger partial charge is 0.436 e. The standard InChI is InChI=1S/C42H36B2N12O4/c1-49-5-9-53(21-49)25-13-29-39(45-17-25)57-35-33-36(58-40-30(43(29)33)14-26(18-46-40)54-10-6-50(2)22-54)38-34-37(35)59-41-31(15-27(19-47-41)55-11-7-51(3)23-55)44(34)32-16-28(20-48-42(32)60-38)56-12-8-52(4)24-56/h5-20H,21-24H2,1-4H3. The van der Waals surface area contributed by atoms with E-state index in [0.29, 0.717) is 73.2 Å². The lowest BCUT2D eigenvalue weighted by atomic mass is 9.32. The number of anilines is 4. The van der Waals surface area contributed by atoms with Gasteiger partial charge in [0.25, 0.3) is 13.4 Å². The van der Waals surface area contributed by atoms with Gasteiger partial charge in [-0.25, -0.2) is 19.9 Å². The highest BCUT2D eigenvalue weighted by Crippen LogP contribution is 2.49. The van der Waals surface area contributed by atoms with Crippen molar-refractivity contribution in [3.63, 3.8) is 0 Å². The number of fused-ring (bicyclic) bond motifs is 10. The topological polar surface area (TPSA) is 114 Å². The minimum Gasteiger partial charge on any atom is -0.436 e. The van der Waals surface area contributed by atoms with Gasteiger partial charge in [0.05, 0.1) is 74.2 Å². The van der Waals surface area contributed by atoms with Crippen molar-refractivity contribution in [2.45, 2.75) is 0 Å². The highest BCUT2D eigenvalue weighted by molar-refractivity contribution is 7.00. The Morgan fingerprint density at radius 3 is 0.850 bits per heavy atom. The molecule has 0 unspecified atom stereocenters. The summed E-state index contributed by atoms with van der Waals surface area (Å²) in [5.41, 5.74) is 8.86. The lowest BCUT2D eigenvalue weighted by molar-refractivity contribution is 0.381. The van der Waals surface area contributed by atoms with E-state index in [1.54, 1.807) is 0 Å². The van der Waals surface area contributed by atoms with Crippen LogP contribution in [-0.2, 0) is 0 Å². The predicted octanol–water partition coefficient (Wildman–Crippen LogP) is 1.44. The normalized spacial score (nSPS) is 18.0. The summed E-state index contributed by atoms with van der Waals surface area (Å²) >= 11 is 0. The molecule has 0 saturated carbocycles. The van der Waals surface area contributed by atoms with E-state index < -0.39 is 13.4 Å². The monoisotopic (exact) mass is 794 g/mol. The molecular weight excluding hydrogens is 758 g/mol. The molecule has 0 radical (unpaired) electrons. The summed E-state index contributed by atoms with van der Waals surface area (Å²) in [6, 6.07) is 8.65. The van der Waals surface area contributed by atoms with E-state index in [2.05, 4.69) is 113 Å². The third kappa shape index (κ3) is 4.81. The van der Waals surface area contributed by atoms with Crippen LogP contribution in [0.2, 0.25) is 0 Å². The average molecular weight is 794 g/mol. The number of hydrogen-bond donors (Lipinski definition) is 0. The number of pyridine rings is 4. The zero-order valence-corrected chi connectivity index (χ0v) is 33.2. The van der Waals surface area contributed by atoms with Gasteiger partial charge in [-0.2, -0.15) is 0 Å². The molecule has 294 valence electrons. The summed E-state index contributed by atoms with van der Waals surface area (Å²) in [4.78, 5) is 37.1. The van der Waals surface area contributed by atoms with Gasteiger partial charge in [0, 0.05) is 88.7 Å². The van der Waals surface area contributed by atoms with Gasteiger partial charge in [-0.15, -0.1) is 0 Å². The summed E-state index contributed by atoms with van der Waals surface area (Å²) in [6.07, 6.45) is 23.9. The van der Waals surface area contributed by atoms with Crippen molar-refractivity contribution < 1.29 is 18.9 Å². The first kappa shape index (κ1) is 33.5. The van der Waals surface area contributed by atoms with Crippen molar-refractivity contribution in [3.05, 3.63) is 98.7 Å². The number of rotatable bonds is 4. The number of aromatic nitrogens is 4. The van der Waals surface area contributed by atoms with Crippen LogP contribution in [0.15, 0.2) is 98.7 Å². The van der Waals surface area contributed by atoms with Crippen LogP contribution in [0, 0.1) is 0 Å². The highest BCUT2D eigenvalue weighted by atomic mass is 16.5. The smallest absolute Gasteiger partial charge is 0.265 e. The summed E-state index contributed by atoms with van der Waals surface area (Å²) in [5, 5.41) is 0. The lowest BCUT2D eigenvalue weighted by Crippen LogP contribution is -2.62. The second kappa shape index (κ2) is 12.0. The summed E-state index contributed by atoms with van der Waals surface area (Å²) in [7, 11) is 8.20. The Hall–Kier alpha value is -7.49. The molecule has 0 bridgehead atoms. The first-order valence-corrected chi connectivity index (χ1v) is 19.9. The van der Waals surface area contributed by atoms with E-state index in [0.717, 1.165) is 55.5 Å². The number of hydrogen-bond acceptors (Lipinski definition) is 16. The van der Waals surface area contributed by atoms with E-state index in [-0.39, 0.29) is 0 Å². The Morgan fingerprint density at radius 1 is 0.383 bits per heavy atom. The molecule has 8 aliphatic heterocycles. The molecule has 16 nitrogen and oxygen atoms in total. The lowest BCUT2D eigenvalue weighted by Gasteiger charge is -2.39. The molecule has 4 aromatic heterocycles. The van der Waals surface area contributed by atoms with E-state index in [9.17, 15) is 0 Å². The van der Waals surface area contributed by atoms with Crippen molar-refractivity contribution in [3.8, 4) is 46.5 Å². The van der Waals surface area contributed by atoms with Crippen LogP contribution in [0.4, 0.5) is 22.7 Å². The second-order valence-corrected chi connectivity index (χ2v) is 16.4. The van der Waals surface area contributed by atoms with Crippen molar-refractivity contribution in [1.82, 2.24) is 39.5 Å². The maximum absolute atomic E-state index is 6.97. The minimum atomic E-state index is -0.394. The molecule has 0 aliphatic carbocycles. The Balaban J connectivity index is 1.03. The van der Waals surface area contributed by atoms with Gasteiger partial charge in [0.1, 0.15) is 0 Å². The summed E-state index contributed by atoms with van der Waals surface area (Å²) in [5.74, 6) is 4.02. The molecule has 13 rings (SSSR count). The molecule has 0 atom stereocenters. The zero-order valence-electron chi connectivity index (χ0n) is 33.2. The molecule has 8 aliphatic rings. The zero-order chi connectivity index (χ0) is 40.0. The van der Waals surface area contributed by atoms with E-state index >= 15 is 0 Å². The van der Waals surface area contributed by atoms with Crippen molar-refractivity contribution in [2.75, 3.05) is 74.5 Å². The maximum atomic E-state index is 6.97. The predicted molar refractivity (Wildman–Crippen MR) is 230 cm³/mol. The fraction of sp³-hybridized carbons (Fsp3) is 0.190. The second-order valence-electron chi connectivity index (χ2n) is 16.4. The molecule has 12 heterocycles. The minimum absolute atomic E-state index is 0.394. The van der Waals surface area contributed by atoms with Gasteiger partial charge in [0.15, 0.2) is 23.0 Å². The van der Waals surface area contributed by atoms with Crippen LogP contribution in [0.1, 0.15) is 0 Å². The molecule has 0 spiro atoms. The van der Waals surface area contributed by atoms with Crippen LogP contribution < -0.4 is 71.3 Å². The molecule has 60 heavy (non-hydrogen) atoms. The number of nitrogens with zero attached hydrogens (tertiary/aromatic N) is 12. The Kier molecular flexibility index (Phi) is 6.71. The Morgan fingerprint density at radius 2 is 0.633 bits per heavy atom. The molecule has 0 N–H and O–H groups in total. The summed E-state index contributed by atoms with van der Waals surface area (Å²) in [6.45, 7) is 2.02. The average Bonchev–Trinajstić information content (AvgIpc) is 4.10. The first-order valence-electron chi connectivity index (χ1n) is 19.9. The summed E-state index contributed by atoms with van der Waals surface area (Å²) < 4.78 is 27.9. The van der Waals surface area contributed by atoms with Crippen molar-refractivity contribution >= 4 is 69.0 Å². The Labute approximate surface area is 346 Å². The highest BCUT2D eigenvalue weighted by Gasteiger charge is 2.52.